The van der Waals surface area contributed by atoms with E-state index in [9.17, 15) is 4.79 Å². The Balaban J connectivity index is 1.65. The van der Waals surface area contributed by atoms with E-state index in [-0.39, 0.29) is 6.42 Å². The van der Waals surface area contributed by atoms with Gasteiger partial charge in [-0.2, -0.15) is 0 Å². The van der Waals surface area contributed by atoms with Crippen LogP contribution in [0.5, 0.6) is 0 Å². The molecule has 0 radical (unpaired) electrons. The van der Waals surface area contributed by atoms with Crippen LogP contribution in [0.2, 0.25) is 0 Å². The third-order valence-corrected chi connectivity index (χ3v) is 5.10. The van der Waals surface area contributed by atoms with Crippen molar-refractivity contribution in [3.8, 4) is 0 Å². The molecule has 0 aromatic heterocycles. The van der Waals surface area contributed by atoms with E-state index in [1.165, 1.54) is 0 Å². The van der Waals surface area contributed by atoms with Crippen LogP contribution < -0.4 is 4.72 Å². The molecule has 5 nitrogen and oxygen atoms in total. The SMILES string of the molecule is O=C(O)CCCCCC[SH]1N/C(=C/c2ccc(Br)cc2)OO1. The van der Waals surface area contributed by atoms with Crippen molar-refractivity contribution in [2.45, 2.75) is 32.1 Å². The Labute approximate surface area is 141 Å². The second kappa shape index (κ2) is 9.07. The van der Waals surface area contributed by atoms with Crippen LogP contribution in [-0.4, -0.2) is 16.8 Å². The van der Waals surface area contributed by atoms with Crippen molar-refractivity contribution in [1.29, 1.82) is 0 Å². The van der Waals surface area contributed by atoms with Gasteiger partial charge in [-0.15, -0.1) is 4.33 Å². The lowest BCUT2D eigenvalue weighted by Crippen LogP contribution is -2.03. The Morgan fingerprint density at radius 3 is 2.68 bits per heavy atom. The molecule has 0 spiro atoms. The third-order valence-electron chi connectivity index (χ3n) is 3.12. The number of hydrogen-bond donors (Lipinski definition) is 3. The zero-order chi connectivity index (χ0) is 15.8. The summed E-state index contributed by atoms with van der Waals surface area (Å²) < 4.78 is 9.57. The highest BCUT2D eigenvalue weighted by atomic mass is 79.9. The first-order valence-corrected chi connectivity index (χ1v) is 9.45. The van der Waals surface area contributed by atoms with Crippen LogP contribution in [0.25, 0.3) is 6.08 Å². The number of benzene rings is 1. The topological polar surface area (TPSA) is 67.8 Å². The number of rotatable bonds is 8. The second-order valence-corrected chi connectivity index (χ2v) is 7.48. The molecule has 0 bridgehead atoms. The zero-order valence-corrected chi connectivity index (χ0v) is 14.6. The standard InChI is InChI=1S/C15H20BrNO4S/c16-13-8-6-12(7-9-13)11-14-17-22(21-20-14)10-4-2-1-3-5-15(18)19/h6-9,11,17,22H,1-5,10H2,(H,18,19)/b14-11-. The van der Waals surface area contributed by atoms with E-state index in [0.29, 0.717) is 5.88 Å². The lowest BCUT2D eigenvalue weighted by atomic mass is 10.2. The molecule has 1 aromatic carbocycles. The van der Waals surface area contributed by atoms with Crippen LogP contribution in [0.15, 0.2) is 34.6 Å². The molecule has 1 saturated heterocycles. The number of carboxylic acid groups (broad SMARTS) is 1. The smallest absolute Gasteiger partial charge is 0.303 e. The summed E-state index contributed by atoms with van der Waals surface area (Å²) in [4.78, 5) is 15.6. The highest BCUT2D eigenvalue weighted by Gasteiger charge is 2.17. The molecule has 1 aromatic rings. The molecule has 0 saturated carbocycles. The van der Waals surface area contributed by atoms with E-state index in [1.807, 2.05) is 30.3 Å². The van der Waals surface area contributed by atoms with Gasteiger partial charge in [-0.05, 0) is 41.9 Å². The van der Waals surface area contributed by atoms with Gasteiger partial charge in [0, 0.05) is 22.7 Å². The fraction of sp³-hybridized carbons (Fsp3) is 0.400. The molecule has 0 amide bonds. The van der Waals surface area contributed by atoms with Gasteiger partial charge in [-0.3, -0.25) is 9.52 Å². The summed E-state index contributed by atoms with van der Waals surface area (Å²) in [5.41, 5.74) is 1.04. The molecule has 122 valence electrons. The molecule has 1 fully saturated rings. The molecule has 1 heterocycles. The first kappa shape index (κ1) is 17.2. The van der Waals surface area contributed by atoms with E-state index < -0.39 is 17.3 Å². The number of nitrogens with one attached hydrogen (secondary N) is 1. The number of thiol groups is 1. The summed E-state index contributed by atoms with van der Waals surface area (Å²) in [6.07, 6.45) is 5.87. The maximum Gasteiger partial charge on any atom is 0.303 e. The number of unbranched alkanes of at least 4 members (excludes halogenated alkanes) is 3. The van der Waals surface area contributed by atoms with Gasteiger partial charge < -0.3 is 9.99 Å². The molecule has 1 aliphatic heterocycles. The Morgan fingerprint density at radius 1 is 1.23 bits per heavy atom. The fourth-order valence-corrected chi connectivity index (χ4v) is 3.51. The van der Waals surface area contributed by atoms with E-state index in [1.54, 1.807) is 0 Å². The Morgan fingerprint density at radius 2 is 1.95 bits per heavy atom. The zero-order valence-electron chi connectivity index (χ0n) is 12.1. The predicted octanol–water partition coefficient (Wildman–Crippen LogP) is 4.17. The maximum atomic E-state index is 10.4. The van der Waals surface area contributed by atoms with Crippen molar-refractivity contribution in [3.05, 3.63) is 40.2 Å². The summed E-state index contributed by atoms with van der Waals surface area (Å²) in [7, 11) is 0. The first-order chi connectivity index (χ1) is 10.6. The first-order valence-electron chi connectivity index (χ1n) is 7.21. The van der Waals surface area contributed by atoms with Crippen molar-refractivity contribution in [2.24, 2.45) is 0 Å². The van der Waals surface area contributed by atoms with Crippen LogP contribution in [0.1, 0.15) is 37.7 Å². The second-order valence-electron chi connectivity index (χ2n) is 4.99. The van der Waals surface area contributed by atoms with Gasteiger partial charge in [0.1, 0.15) is 0 Å². The monoisotopic (exact) mass is 389 g/mol. The summed E-state index contributed by atoms with van der Waals surface area (Å²) in [5.74, 6) is 0.820. The quantitative estimate of drug-likeness (QED) is 0.353. The van der Waals surface area contributed by atoms with E-state index in [2.05, 4.69) is 20.7 Å². The number of halogens is 1. The fourth-order valence-electron chi connectivity index (χ4n) is 1.99. The largest absolute Gasteiger partial charge is 0.481 e. The van der Waals surface area contributed by atoms with Crippen LogP contribution in [-0.2, 0) is 14.0 Å². The average molecular weight is 390 g/mol. The van der Waals surface area contributed by atoms with E-state index in [0.717, 1.165) is 41.5 Å². The summed E-state index contributed by atoms with van der Waals surface area (Å²) in [6.45, 7) is 0. The Kier molecular flexibility index (Phi) is 7.08. The summed E-state index contributed by atoms with van der Waals surface area (Å²) in [6, 6.07) is 7.93. The van der Waals surface area contributed by atoms with Gasteiger partial charge in [0.2, 0.25) is 5.88 Å². The molecule has 2 N–H and O–H groups in total. The van der Waals surface area contributed by atoms with Crippen LogP contribution in [0.4, 0.5) is 0 Å². The van der Waals surface area contributed by atoms with E-state index in [4.69, 9.17) is 14.3 Å². The van der Waals surface area contributed by atoms with Crippen molar-refractivity contribution in [3.63, 3.8) is 0 Å². The van der Waals surface area contributed by atoms with Crippen molar-refractivity contribution in [1.82, 2.24) is 4.72 Å². The summed E-state index contributed by atoms with van der Waals surface area (Å²) >= 11 is 2.61. The lowest BCUT2D eigenvalue weighted by Gasteiger charge is -2.09. The minimum absolute atomic E-state index is 0.257. The molecule has 1 atom stereocenters. The minimum atomic E-state index is -0.786. The number of aliphatic carboxylic acids is 1. The number of hydrogen-bond acceptors (Lipinski definition) is 4. The molecular weight excluding hydrogens is 370 g/mol. The minimum Gasteiger partial charge on any atom is -0.481 e. The maximum absolute atomic E-state index is 10.4. The number of carboxylic acids is 1. The van der Waals surface area contributed by atoms with Crippen LogP contribution in [0, 0.1) is 0 Å². The highest BCUT2D eigenvalue weighted by Crippen LogP contribution is 2.33. The lowest BCUT2D eigenvalue weighted by molar-refractivity contribution is -0.137. The van der Waals surface area contributed by atoms with Crippen molar-refractivity contribution < 1.29 is 19.1 Å². The van der Waals surface area contributed by atoms with Gasteiger partial charge in [-0.1, -0.05) is 40.9 Å². The Hall–Kier alpha value is -1.18. The molecule has 22 heavy (non-hydrogen) atoms. The van der Waals surface area contributed by atoms with Crippen molar-refractivity contribution in [2.75, 3.05) is 5.75 Å². The predicted molar refractivity (Wildman–Crippen MR) is 92.0 cm³/mol. The summed E-state index contributed by atoms with van der Waals surface area (Å²) in [5, 5.41) is 8.56. The van der Waals surface area contributed by atoms with Gasteiger partial charge in [0.25, 0.3) is 0 Å². The average Bonchev–Trinajstić information content (AvgIpc) is 2.92. The molecule has 1 aliphatic rings. The molecule has 2 rings (SSSR count). The van der Waals surface area contributed by atoms with Gasteiger partial charge >= 0.3 is 5.97 Å². The van der Waals surface area contributed by atoms with Gasteiger partial charge in [0.15, 0.2) is 0 Å². The highest BCUT2D eigenvalue weighted by molar-refractivity contribution is 9.10. The van der Waals surface area contributed by atoms with Gasteiger partial charge in [-0.25, -0.2) is 0 Å². The molecule has 1 unspecified atom stereocenters. The van der Waals surface area contributed by atoms with Crippen molar-refractivity contribution >= 4 is 39.3 Å². The van der Waals surface area contributed by atoms with Gasteiger partial charge in [0.05, 0.1) is 0 Å². The van der Waals surface area contributed by atoms with Crippen LogP contribution in [0.3, 0.4) is 0 Å². The normalized spacial score (nSPS) is 20.6. The molecule has 7 heteroatoms. The number of carbonyl (C=O) groups is 1. The molecular formula is C15H20BrNO4S. The van der Waals surface area contributed by atoms with Crippen LogP contribution >= 0.6 is 27.3 Å². The van der Waals surface area contributed by atoms with E-state index >= 15 is 0 Å². The third kappa shape index (κ3) is 6.29. The Bertz CT molecular complexity index is 521. The molecule has 0 aliphatic carbocycles.